The van der Waals surface area contributed by atoms with Crippen molar-refractivity contribution in [2.45, 2.75) is 25.7 Å². The van der Waals surface area contributed by atoms with E-state index in [1.807, 2.05) is 36.4 Å². The van der Waals surface area contributed by atoms with Crippen LogP contribution < -0.4 is 5.32 Å². The second-order valence-electron chi connectivity index (χ2n) is 6.44. The number of methoxy groups -OCH3 is 1. The minimum atomic E-state index is -0.438. The first kappa shape index (κ1) is 16.8. The molecular weight excluding hydrogens is 346 g/mol. The van der Waals surface area contributed by atoms with Crippen LogP contribution in [0.15, 0.2) is 42.5 Å². The minimum absolute atomic E-state index is 0.202. The molecule has 0 spiro atoms. The van der Waals surface area contributed by atoms with Crippen LogP contribution in [0.4, 0.5) is 5.69 Å². The van der Waals surface area contributed by atoms with Gasteiger partial charge in [-0.1, -0.05) is 24.3 Å². The van der Waals surface area contributed by atoms with Gasteiger partial charge in [-0.2, -0.15) is 0 Å². The van der Waals surface area contributed by atoms with Crippen LogP contribution in [0, 0.1) is 0 Å². The summed E-state index contributed by atoms with van der Waals surface area (Å²) in [5.74, 6) is -0.640. The van der Waals surface area contributed by atoms with Gasteiger partial charge < -0.3 is 10.1 Å². The normalized spacial score (nSPS) is 13.3. The summed E-state index contributed by atoms with van der Waals surface area (Å²) in [4.78, 5) is 25.4. The molecule has 3 aromatic rings. The first-order valence-electron chi connectivity index (χ1n) is 8.70. The zero-order valence-corrected chi connectivity index (χ0v) is 15.3. The van der Waals surface area contributed by atoms with Crippen LogP contribution in [0.1, 0.15) is 44.0 Å². The summed E-state index contributed by atoms with van der Waals surface area (Å²) in [5, 5.41) is 3.79. The molecule has 4 rings (SSSR count). The van der Waals surface area contributed by atoms with Crippen molar-refractivity contribution in [3.05, 3.63) is 64.0 Å². The molecule has 0 bridgehead atoms. The Morgan fingerprint density at radius 3 is 2.62 bits per heavy atom. The van der Waals surface area contributed by atoms with Gasteiger partial charge in [-0.15, -0.1) is 11.3 Å². The molecule has 0 saturated heterocycles. The number of hydrogen-bond acceptors (Lipinski definition) is 4. The third-order valence-electron chi connectivity index (χ3n) is 4.82. The Morgan fingerprint density at radius 1 is 1.04 bits per heavy atom. The molecule has 0 aliphatic heterocycles. The first-order valence-corrected chi connectivity index (χ1v) is 9.52. The van der Waals surface area contributed by atoms with Crippen LogP contribution in [0.25, 0.3) is 10.1 Å². The zero-order valence-electron chi connectivity index (χ0n) is 14.5. The number of nitrogens with one attached hydrogen (secondary N) is 1. The molecule has 0 saturated carbocycles. The molecule has 26 heavy (non-hydrogen) atoms. The topological polar surface area (TPSA) is 55.4 Å². The van der Waals surface area contributed by atoms with E-state index in [9.17, 15) is 9.59 Å². The third-order valence-corrected chi connectivity index (χ3v) is 5.97. The number of thiophene rings is 1. The van der Waals surface area contributed by atoms with Crippen molar-refractivity contribution in [2.75, 3.05) is 12.4 Å². The smallest absolute Gasteiger partial charge is 0.350 e. The van der Waals surface area contributed by atoms with Gasteiger partial charge >= 0.3 is 5.97 Å². The van der Waals surface area contributed by atoms with Crippen LogP contribution in [0.2, 0.25) is 0 Å². The summed E-state index contributed by atoms with van der Waals surface area (Å²) in [7, 11) is 1.35. The van der Waals surface area contributed by atoms with Crippen molar-refractivity contribution in [3.8, 4) is 0 Å². The maximum absolute atomic E-state index is 12.8. The van der Waals surface area contributed by atoms with Gasteiger partial charge in [0.1, 0.15) is 4.88 Å². The SMILES string of the molecule is COC(=O)c1sc2ccccc2c1NC(=O)c1ccc2c(c1)CCCC2. The number of hydrogen-bond donors (Lipinski definition) is 1. The molecule has 0 unspecified atom stereocenters. The van der Waals surface area contributed by atoms with E-state index in [1.165, 1.54) is 42.4 Å². The fourth-order valence-corrected chi connectivity index (χ4v) is 4.54. The van der Waals surface area contributed by atoms with E-state index in [1.54, 1.807) is 0 Å². The fraction of sp³-hybridized carbons (Fsp3) is 0.238. The highest BCUT2D eigenvalue weighted by Gasteiger charge is 2.21. The van der Waals surface area contributed by atoms with E-state index in [0.29, 0.717) is 16.1 Å². The summed E-state index contributed by atoms with van der Waals surface area (Å²) >= 11 is 1.33. The summed E-state index contributed by atoms with van der Waals surface area (Å²) in [6, 6.07) is 13.5. The number of ether oxygens (including phenoxy) is 1. The molecule has 0 radical (unpaired) electrons. The molecule has 132 valence electrons. The Kier molecular flexibility index (Phi) is 4.47. The van der Waals surface area contributed by atoms with E-state index in [4.69, 9.17) is 4.74 Å². The molecule has 0 fully saturated rings. The molecule has 4 nitrogen and oxygen atoms in total. The van der Waals surface area contributed by atoms with E-state index in [2.05, 4.69) is 11.4 Å². The molecule has 1 aliphatic rings. The van der Waals surface area contributed by atoms with Gasteiger partial charge in [0.15, 0.2) is 0 Å². The van der Waals surface area contributed by atoms with Crippen molar-refractivity contribution in [1.29, 1.82) is 0 Å². The highest BCUT2D eigenvalue weighted by atomic mass is 32.1. The summed E-state index contributed by atoms with van der Waals surface area (Å²) in [5.41, 5.74) is 3.74. The van der Waals surface area contributed by atoms with Gasteiger partial charge in [-0.3, -0.25) is 4.79 Å². The van der Waals surface area contributed by atoms with E-state index in [0.717, 1.165) is 22.9 Å². The van der Waals surface area contributed by atoms with Crippen LogP contribution in [-0.4, -0.2) is 19.0 Å². The second-order valence-corrected chi connectivity index (χ2v) is 7.49. The average Bonchev–Trinajstić information content (AvgIpc) is 3.05. The molecule has 2 aromatic carbocycles. The summed E-state index contributed by atoms with van der Waals surface area (Å²) < 4.78 is 5.83. The van der Waals surface area contributed by atoms with Crippen molar-refractivity contribution in [3.63, 3.8) is 0 Å². The largest absolute Gasteiger partial charge is 0.465 e. The Morgan fingerprint density at radius 2 is 1.81 bits per heavy atom. The number of carbonyl (C=O) groups is 2. The number of esters is 1. The molecule has 1 heterocycles. The van der Waals surface area contributed by atoms with Crippen molar-refractivity contribution < 1.29 is 14.3 Å². The molecule has 5 heteroatoms. The lowest BCUT2D eigenvalue weighted by atomic mass is 9.90. The fourth-order valence-electron chi connectivity index (χ4n) is 3.47. The number of fused-ring (bicyclic) bond motifs is 2. The maximum atomic E-state index is 12.8. The number of amides is 1. The average molecular weight is 365 g/mol. The van der Waals surface area contributed by atoms with Gasteiger partial charge in [0, 0.05) is 15.6 Å². The number of carbonyl (C=O) groups excluding carboxylic acids is 2. The predicted octanol–water partition coefficient (Wildman–Crippen LogP) is 4.82. The molecule has 1 aromatic heterocycles. The van der Waals surface area contributed by atoms with Crippen molar-refractivity contribution in [1.82, 2.24) is 0 Å². The molecule has 1 aliphatic carbocycles. The predicted molar refractivity (Wildman–Crippen MR) is 104 cm³/mol. The minimum Gasteiger partial charge on any atom is -0.465 e. The van der Waals surface area contributed by atoms with E-state index in [-0.39, 0.29) is 5.91 Å². The van der Waals surface area contributed by atoms with Gasteiger partial charge in [0.2, 0.25) is 0 Å². The number of anilines is 1. The first-order chi connectivity index (χ1) is 12.7. The number of rotatable bonds is 3. The van der Waals surface area contributed by atoms with Crippen molar-refractivity contribution >= 4 is 39.0 Å². The van der Waals surface area contributed by atoms with Crippen LogP contribution in [0.5, 0.6) is 0 Å². The van der Waals surface area contributed by atoms with Gasteiger partial charge in [0.25, 0.3) is 5.91 Å². The van der Waals surface area contributed by atoms with Gasteiger partial charge in [-0.25, -0.2) is 4.79 Å². The van der Waals surface area contributed by atoms with E-state index >= 15 is 0 Å². The quantitative estimate of drug-likeness (QED) is 0.677. The monoisotopic (exact) mass is 365 g/mol. The summed E-state index contributed by atoms with van der Waals surface area (Å²) in [6.45, 7) is 0. The lowest BCUT2D eigenvalue weighted by Crippen LogP contribution is -2.15. The Labute approximate surface area is 155 Å². The molecule has 1 amide bonds. The molecule has 0 atom stereocenters. The highest BCUT2D eigenvalue weighted by molar-refractivity contribution is 7.21. The third kappa shape index (κ3) is 2.99. The van der Waals surface area contributed by atoms with Crippen LogP contribution >= 0.6 is 11.3 Å². The molecule has 1 N–H and O–H groups in total. The standard InChI is InChI=1S/C21H19NO3S/c1-25-21(24)19-18(16-8-4-5-9-17(16)26-19)22-20(23)15-11-10-13-6-2-3-7-14(13)12-15/h4-5,8-12H,2-3,6-7H2,1H3,(H,22,23). The highest BCUT2D eigenvalue weighted by Crippen LogP contribution is 2.36. The van der Waals surface area contributed by atoms with Gasteiger partial charge in [0.05, 0.1) is 12.8 Å². The lowest BCUT2D eigenvalue weighted by Gasteiger charge is -2.16. The van der Waals surface area contributed by atoms with Crippen LogP contribution in [-0.2, 0) is 17.6 Å². The Bertz CT molecular complexity index is 1010. The van der Waals surface area contributed by atoms with Crippen LogP contribution in [0.3, 0.4) is 0 Å². The summed E-state index contributed by atoms with van der Waals surface area (Å²) in [6.07, 6.45) is 4.48. The lowest BCUT2D eigenvalue weighted by molar-refractivity contribution is 0.0607. The van der Waals surface area contributed by atoms with Gasteiger partial charge in [-0.05, 0) is 55.0 Å². The Balaban J connectivity index is 1.70. The number of benzene rings is 2. The van der Waals surface area contributed by atoms with E-state index < -0.39 is 5.97 Å². The molecular formula is C21H19NO3S. The second kappa shape index (κ2) is 6.92. The number of aryl methyl sites for hydroxylation is 2. The maximum Gasteiger partial charge on any atom is 0.350 e. The Hall–Kier alpha value is -2.66. The van der Waals surface area contributed by atoms with Crippen molar-refractivity contribution in [2.24, 2.45) is 0 Å². The zero-order chi connectivity index (χ0) is 18.1.